The van der Waals surface area contributed by atoms with Gasteiger partial charge in [0.1, 0.15) is 24.4 Å². The van der Waals surface area contributed by atoms with E-state index >= 15 is 0 Å². The summed E-state index contributed by atoms with van der Waals surface area (Å²) in [5, 5.41) is 13.2. The van der Waals surface area contributed by atoms with Gasteiger partial charge in [-0.1, -0.05) is 32.6 Å². The van der Waals surface area contributed by atoms with Crippen LogP contribution in [0.5, 0.6) is 0 Å². The zero-order valence-corrected chi connectivity index (χ0v) is 18.1. The van der Waals surface area contributed by atoms with Crippen LogP contribution in [-0.4, -0.2) is 66.6 Å². The van der Waals surface area contributed by atoms with Crippen LogP contribution in [0, 0.1) is 0 Å². The predicted octanol–water partition coefficient (Wildman–Crippen LogP) is 2.69. The van der Waals surface area contributed by atoms with Gasteiger partial charge in [0, 0.05) is 12.6 Å². The standard InChI is InChI=1S/C21H39NO6/c1-6-7-8-9-10-12-22-14(11-13-23)15-16-17(26-20(2,3)25-16)18-19(24-15)28-21(4,5)27-18/h14-19,22-23H,6-13H2,1-5H3/t14-,15+,16-,17-,18+,19-/m0/s1. The van der Waals surface area contributed by atoms with E-state index in [2.05, 4.69) is 12.2 Å². The maximum atomic E-state index is 9.63. The number of hydrogen-bond donors (Lipinski definition) is 2. The predicted molar refractivity (Wildman–Crippen MR) is 105 cm³/mol. The summed E-state index contributed by atoms with van der Waals surface area (Å²) in [5.74, 6) is -1.42. The Kier molecular flexibility index (Phi) is 7.40. The fourth-order valence-electron chi connectivity index (χ4n) is 4.50. The van der Waals surface area contributed by atoms with Crippen molar-refractivity contribution >= 4 is 0 Å². The molecule has 3 rings (SSSR count). The lowest BCUT2D eigenvalue weighted by atomic mass is 9.92. The molecule has 3 aliphatic rings. The summed E-state index contributed by atoms with van der Waals surface area (Å²) >= 11 is 0. The van der Waals surface area contributed by atoms with Gasteiger partial charge in [0.2, 0.25) is 0 Å². The third-order valence-electron chi connectivity index (χ3n) is 5.71. The summed E-state index contributed by atoms with van der Waals surface area (Å²) in [4.78, 5) is 0. The van der Waals surface area contributed by atoms with E-state index in [9.17, 15) is 5.11 Å². The number of aliphatic hydroxyl groups excluding tert-OH is 1. The average Bonchev–Trinajstić information content (AvgIpc) is 3.10. The molecule has 0 bridgehead atoms. The van der Waals surface area contributed by atoms with Crippen molar-refractivity contribution in [2.75, 3.05) is 13.2 Å². The molecule has 6 atom stereocenters. The van der Waals surface area contributed by atoms with Crippen LogP contribution in [0.25, 0.3) is 0 Å². The van der Waals surface area contributed by atoms with E-state index in [1.54, 1.807) is 0 Å². The first kappa shape index (κ1) is 22.4. The SMILES string of the molecule is CCCCCCCN[C@@H](CCO)[C@H]1O[C@H]2OC(C)(C)O[C@@H]2[C@H]2OC(C)(C)O[C@H]21. The molecule has 0 amide bonds. The van der Waals surface area contributed by atoms with Crippen molar-refractivity contribution in [3.63, 3.8) is 0 Å². The Morgan fingerprint density at radius 3 is 2.21 bits per heavy atom. The molecule has 3 fully saturated rings. The van der Waals surface area contributed by atoms with Crippen LogP contribution in [0.2, 0.25) is 0 Å². The Morgan fingerprint density at radius 2 is 1.50 bits per heavy atom. The molecule has 7 nitrogen and oxygen atoms in total. The van der Waals surface area contributed by atoms with Gasteiger partial charge >= 0.3 is 0 Å². The van der Waals surface area contributed by atoms with Crippen molar-refractivity contribution in [1.82, 2.24) is 5.32 Å². The van der Waals surface area contributed by atoms with Crippen LogP contribution >= 0.6 is 0 Å². The summed E-state index contributed by atoms with van der Waals surface area (Å²) in [6, 6.07) is -0.0329. The Balaban J connectivity index is 1.67. The summed E-state index contributed by atoms with van der Waals surface area (Å²) in [5.41, 5.74) is 0. The van der Waals surface area contributed by atoms with Crippen molar-refractivity contribution < 1.29 is 28.8 Å². The minimum absolute atomic E-state index is 0.0329. The van der Waals surface area contributed by atoms with E-state index in [0.29, 0.717) is 6.42 Å². The monoisotopic (exact) mass is 401 g/mol. The topological polar surface area (TPSA) is 78.4 Å². The Labute approximate surface area is 169 Å². The van der Waals surface area contributed by atoms with E-state index < -0.39 is 17.9 Å². The molecule has 0 saturated carbocycles. The molecule has 3 heterocycles. The molecule has 0 aromatic rings. The van der Waals surface area contributed by atoms with Crippen LogP contribution in [-0.2, 0) is 23.7 Å². The van der Waals surface area contributed by atoms with Crippen LogP contribution in [0.3, 0.4) is 0 Å². The Morgan fingerprint density at radius 1 is 0.857 bits per heavy atom. The first-order valence-electron chi connectivity index (χ1n) is 11.0. The number of hydrogen-bond acceptors (Lipinski definition) is 7. The fraction of sp³-hybridized carbons (Fsp3) is 1.00. The normalized spacial score (nSPS) is 36.9. The Bertz CT molecular complexity index is 499. The summed E-state index contributed by atoms with van der Waals surface area (Å²) in [6.45, 7) is 10.8. The summed E-state index contributed by atoms with van der Waals surface area (Å²) in [7, 11) is 0. The van der Waals surface area contributed by atoms with Gasteiger partial charge in [-0.2, -0.15) is 0 Å². The van der Waals surface area contributed by atoms with Gasteiger partial charge in [-0.25, -0.2) is 0 Å². The molecule has 0 aliphatic carbocycles. The maximum Gasteiger partial charge on any atom is 0.190 e. The van der Waals surface area contributed by atoms with Crippen LogP contribution in [0.4, 0.5) is 0 Å². The summed E-state index contributed by atoms with van der Waals surface area (Å²) < 4.78 is 30.8. The van der Waals surface area contributed by atoms with Gasteiger partial charge in [0.15, 0.2) is 17.9 Å². The second-order valence-corrected chi connectivity index (χ2v) is 9.12. The van der Waals surface area contributed by atoms with Crippen LogP contribution in [0.15, 0.2) is 0 Å². The van der Waals surface area contributed by atoms with Gasteiger partial charge in [0.25, 0.3) is 0 Å². The smallest absolute Gasteiger partial charge is 0.190 e. The first-order valence-corrected chi connectivity index (χ1v) is 11.0. The third-order valence-corrected chi connectivity index (χ3v) is 5.71. The molecule has 0 spiro atoms. The zero-order valence-electron chi connectivity index (χ0n) is 18.1. The minimum atomic E-state index is -0.718. The lowest BCUT2D eigenvalue weighted by molar-refractivity contribution is -0.240. The lowest BCUT2D eigenvalue weighted by Gasteiger charge is -2.41. The van der Waals surface area contributed by atoms with Crippen molar-refractivity contribution in [3.8, 4) is 0 Å². The van der Waals surface area contributed by atoms with Crippen molar-refractivity contribution in [2.24, 2.45) is 0 Å². The molecule has 7 heteroatoms. The van der Waals surface area contributed by atoms with Crippen molar-refractivity contribution in [1.29, 1.82) is 0 Å². The highest BCUT2D eigenvalue weighted by molar-refractivity contribution is 5.03. The fourth-order valence-corrected chi connectivity index (χ4v) is 4.50. The minimum Gasteiger partial charge on any atom is -0.396 e. The van der Waals surface area contributed by atoms with Crippen LogP contribution in [0.1, 0.15) is 73.1 Å². The summed E-state index contributed by atoms with van der Waals surface area (Å²) in [6.07, 6.45) is 5.11. The zero-order chi connectivity index (χ0) is 20.4. The second kappa shape index (κ2) is 9.25. The average molecular weight is 402 g/mol. The molecule has 0 radical (unpaired) electrons. The van der Waals surface area contributed by atoms with E-state index in [1.807, 2.05) is 27.7 Å². The van der Waals surface area contributed by atoms with E-state index in [-0.39, 0.29) is 37.1 Å². The number of aliphatic hydroxyl groups is 1. The van der Waals surface area contributed by atoms with Gasteiger partial charge in [-0.15, -0.1) is 0 Å². The molecule has 0 aromatic carbocycles. The van der Waals surface area contributed by atoms with Gasteiger partial charge in [-0.3, -0.25) is 0 Å². The second-order valence-electron chi connectivity index (χ2n) is 9.12. The molecular formula is C21H39NO6. The Hall–Kier alpha value is -0.280. The van der Waals surface area contributed by atoms with E-state index in [1.165, 1.54) is 25.7 Å². The first-order chi connectivity index (χ1) is 13.3. The highest BCUT2D eigenvalue weighted by Crippen LogP contribution is 2.44. The van der Waals surface area contributed by atoms with Crippen LogP contribution < -0.4 is 5.32 Å². The third kappa shape index (κ3) is 5.25. The highest BCUT2D eigenvalue weighted by atomic mass is 16.9. The lowest BCUT2D eigenvalue weighted by Crippen LogP contribution is -2.61. The highest BCUT2D eigenvalue weighted by Gasteiger charge is 2.61. The van der Waals surface area contributed by atoms with Gasteiger partial charge in [0.05, 0.1) is 0 Å². The molecule has 164 valence electrons. The van der Waals surface area contributed by atoms with Gasteiger partial charge < -0.3 is 34.1 Å². The molecule has 28 heavy (non-hydrogen) atoms. The molecular weight excluding hydrogens is 362 g/mol. The molecule has 0 aromatic heterocycles. The number of unbranched alkanes of at least 4 members (excludes halogenated alkanes) is 4. The number of nitrogens with one attached hydrogen (secondary N) is 1. The van der Waals surface area contributed by atoms with Crippen molar-refractivity contribution in [3.05, 3.63) is 0 Å². The number of fused-ring (bicyclic) bond motifs is 3. The van der Waals surface area contributed by atoms with Gasteiger partial charge in [-0.05, 0) is 47.1 Å². The van der Waals surface area contributed by atoms with E-state index in [0.717, 1.165) is 13.0 Å². The molecule has 3 saturated heterocycles. The largest absolute Gasteiger partial charge is 0.396 e. The quantitative estimate of drug-likeness (QED) is 0.545. The molecule has 2 N–H and O–H groups in total. The maximum absolute atomic E-state index is 9.63. The van der Waals surface area contributed by atoms with Crippen molar-refractivity contribution in [2.45, 2.75) is 121 Å². The molecule has 0 unspecified atom stereocenters. The molecule has 3 aliphatic heterocycles. The number of rotatable bonds is 10. The number of ether oxygens (including phenoxy) is 5. The van der Waals surface area contributed by atoms with E-state index in [4.69, 9.17) is 23.7 Å².